The SMILES string of the molecule is N#Cc1cccc(NC(=O)NCCCN2CCOCC2)c1. The molecule has 112 valence electrons. The summed E-state index contributed by atoms with van der Waals surface area (Å²) in [6, 6.07) is 8.65. The zero-order valence-corrected chi connectivity index (χ0v) is 12.0. The average Bonchev–Trinajstić information content (AvgIpc) is 2.53. The number of benzene rings is 1. The van der Waals surface area contributed by atoms with E-state index in [1.165, 1.54) is 0 Å². The first-order valence-corrected chi connectivity index (χ1v) is 7.13. The summed E-state index contributed by atoms with van der Waals surface area (Å²) >= 11 is 0. The van der Waals surface area contributed by atoms with Gasteiger partial charge in [-0.25, -0.2) is 4.79 Å². The fourth-order valence-electron chi connectivity index (χ4n) is 2.17. The molecule has 0 bridgehead atoms. The molecule has 0 aliphatic carbocycles. The molecular weight excluding hydrogens is 268 g/mol. The molecular formula is C15H20N4O2. The predicted molar refractivity (Wildman–Crippen MR) is 80.1 cm³/mol. The summed E-state index contributed by atoms with van der Waals surface area (Å²) in [4.78, 5) is 14.1. The predicted octanol–water partition coefficient (Wildman–Crippen LogP) is 1.40. The second-order valence-electron chi connectivity index (χ2n) is 4.88. The Labute approximate surface area is 124 Å². The van der Waals surface area contributed by atoms with Crippen molar-refractivity contribution < 1.29 is 9.53 Å². The van der Waals surface area contributed by atoms with E-state index < -0.39 is 0 Å². The van der Waals surface area contributed by atoms with Crippen molar-refractivity contribution in [2.75, 3.05) is 44.7 Å². The molecule has 6 heteroatoms. The second kappa shape index (κ2) is 8.25. The number of anilines is 1. The monoisotopic (exact) mass is 288 g/mol. The Balaban J connectivity index is 1.64. The highest BCUT2D eigenvalue weighted by molar-refractivity contribution is 5.89. The van der Waals surface area contributed by atoms with Crippen molar-refractivity contribution >= 4 is 11.7 Å². The van der Waals surface area contributed by atoms with Gasteiger partial charge in [-0.05, 0) is 31.2 Å². The van der Waals surface area contributed by atoms with Crippen molar-refractivity contribution in [1.29, 1.82) is 5.26 Å². The minimum Gasteiger partial charge on any atom is -0.379 e. The zero-order valence-electron chi connectivity index (χ0n) is 12.0. The van der Waals surface area contributed by atoms with Crippen molar-refractivity contribution in [1.82, 2.24) is 10.2 Å². The summed E-state index contributed by atoms with van der Waals surface area (Å²) in [6.07, 6.45) is 0.908. The van der Waals surface area contributed by atoms with Crippen LogP contribution >= 0.6 is 0 Å². The van der Waals surface area contributed by atoms with Crippen LogP contribution in [-0.4, -0.2) is 50.3 Å². The lowest BCUT2D eigenvalue weighted by Crippen LogP contribution is -2.38. The lowest BCUT2D eigenvalue weighted by Gasteiger charge is -2.26. The van der Waals surface area contributed by atoms with E-state index >= 15 is 0 Å². The number of amides is 2. The number of ether oxygens (including phenoxy) is 1. The van der Waals surface area contributed by atoms with Gasteiger partial charge in [-0.15, -0.1) is 0 Å². The first-order chi connectivity index (χ1) is 10.3. The van der Waals surface area contributed by atoms with E-state index in [2.05, 4.69) is 15.5 Å². The normalized spacial score (nSPS) is 15.2. The number of rotatable bonds is 5. The van der Waals surface area contributed by atoms with Crippen molar-refractivity contribution in [2.45, 2.75) is 6.42 Å². The maximum absolute atomic E-state index is 11.7. The summed E-state index contributed by atoms with van der Waals surface area (Å²) in [5.74, 6) is 0. The van der Waals surface area contributed by atoms with Gasteiger partial charge in [-0.2, -0.15) is 5.26 Å². The van der Waals surface area contributed by atoms with E-state index in [1.54, 1.807) is 24.3 Å². The molecule has 1 aromatic carbocycles. The Kier molecular flexibility index (Phi) is 6.00. The van der Waals surface area contributed by atoms with Crippen molar-refractivity contribution in [2.24, 2.45) is 0 Å². The largest absolute Gasteiger partial charge is 0.379 e. The van der Waals surface area contributed by atoms with Crippen LogP contribution in [0.3, 0.4) is 0 Å². The number of carbonyl (C=O) groups excluding carboxylic acids is 1. The number of hydrogen-bond acceptors (Lipinski definition) is 4. The van der Waals surface area contributed by atoms with Gasteiger partial charge in [0.05, 0.1) is 24.8 Å². The number of hydrogen-bond donors (Lipinski definition) is 2. The first kappa shape index (κ1) is 15.3. The molecule has 1 heterocycles. The average molecular weight is 288 g/mol. The van der Waals surface area contributed by atoms with Gasteiger partial charge in [0.15, 0.2) is 0 Å². The molecule has 21 heavy (non-hydrogen) atoms. The third-order valence-electron chi connectivity index (χ3n) is 3.29. The fraction of sp³-hybridized carbons (Fsp3) is 0.467. The van der Waals surface area contributed by atoms with Gasteiger partial charge < -0.3 is 15.4 Å². The molecule has 0 aromatic heterocycles. The van der Waals surface area contributed by atoms with E-state index in [1.807, 2.05) is 6.07 Å². The van der Waals surface area contributed by atoms with Gasteiger partial charge in [0, 0.05) is 25.3 Å². The highest BCUT2D eigenvalue weighted by atomic mass is 16.5. The number of nitrogens with zero attached hydrogens (tertiary/aromatic N) is 2. The van der Waals surface area contributed by atoms with Crippen LogP contribution in [0.2, 0.25) is 0 Å². The number of nitrogens with one attached hydrogen (secondary N) is 2. The molecule has 0 saturated carbocycles. The fourth-order valence-corrected chi connectivity index (χ4v) is 2.17. The molecule has 2 N–H and O–H groups in total. The van der Waals surface area contributed by atoms with Crippen molar-refractivity contribution in [3.63, 3.8) is 0 Å². The number of carbonyl (C=O) groups is 1. The third-order valence-corrected chi connectivity index (χ3v) is 3.29. The number of nitriles is 1. The molecule has 1 saturated heterocycles. The van der Waals surface area contributed by atoms with Crippen LogP contribution in [0.1, 0.15) is 12.0 Å². The van der Waals surface area contributed by atoms with Gasteiger partial charge in [0.1, 0.15) is 0 Å². The summed E-state index contributed by atoms with van der Waals surface area (Å²) in [5, 5.41) is 14.3. The minimum atomic E-state index is -0.243. The van der Waals surface area contributed by atoms with Gasteiger partial charge >= 0.3 is 6.03 Å². The highest BCUT2D eigenvalue weighted by Crippen LogP contribution is 2.09. The molecule has 2 amide bonds. The van der Waals surface area contributed by atoms with Crippen LogP contribution in [-0.2, 0) is 4.74 Å². The Morgan fingerprint density at radius 2 is 2.19 bits per heavy atom. The molecule has 2 rings (SSSR count). The van der Waals surface area contributed by atoms with E-state index in [9.17, 15) is 4.79 Å². The van der Waals surface area contributed by atoms with Crippen LogP contribution in [0.5, 0.6) is 0 Å². The van der Waals surface area contributed by atoms with Gasteiger partial charge in [-0.3, -0.25) is 4.90 Å². The van der Waals surface area contributed by atoms with Crippen LogP contribution in [0.15, 0.2) is 24.3 Å². The highest BCUT2D eigenvalue weighted by Gasteiger charge is 2.09. The van der Waals surface area contributed by atoms with Crippen molar-refractivity contribution in [3.05, 3.63) is 29.8 Å². The minimum absolute atomic E-state index is 0.243. The molecule has 0 radical (unpaired) electrons. The van der Waals surface area contributed by atoms with E-state index in [0.29, 0.717) is 17.8 Å². The number of morpholine rings is 1. The molecule has 6 nitrogen and oxygen atoms in total. The smallest absolute Gasteiger partial charge is 0.319 e. The Morgan fingerprint density at radius 1 is 1.38 bits per heavy atom. The van der Waals surface area contributed by atoms with Crippen LogP contribution < -0.4 is 10.6 Å². The Hall–Kier alpha value is -2.10. The van der Waals surface area contributed by atoms with Gasteiger partial charge in [-0.1, -0.05) is 6.07 Å². The second-order valence-corrected chi connectivity index (χ2v) is 4.88. The molecule has 1 aliphatic heterocycles. The zero-order chi connectivity index (χ0) is 14.9. The summed E-state index contributed by atoms with van der Waals surface area (Å²) in [6.45, 7) is 5.11. The number of urea groups is 1. The van der Waals surface area contributed by atoms with Crippen LogP contribution in [0, 0.1) is 11.3 Å². The van der Waals surface area contributed by atoms with E-state index in [-0.39, 0.29) is 6.03 Å². The molecule has 0 spiro atoms. The Morgan fingerprint density at radius 3 is 2.95 bits per heavy atom. The maximum atomic E-state index is 11.7. The lowest BCUT2D eigenvalue weighted by atomic mass is 10.2. The quantitative estimate of drug-likeness (QED) is 0.803. The molecule has 1 aromatic rings. The Bertz CT molecular complexity index is 507. The van der Waals surface area contributed by atoms with Crippen molar-refractivity contribution in [3.8, 4) is 6.07 Å². The van der Waals surface area contributed by atoms with Gasteiger partial charge in [0.25, 0.3) is 0 Å². The topological polar surface area (TPSA) is 77.4 Å². The molecule has 1 aliphatic rings. The van der Waals surface area contributed by atoms with Crippen LogP contribution in [0.4, 0.5) is 10.5 Å². The third kappa shape index (κ3) is 5.42. The van der Waals surface area contributed by atoms with E-state index in [0.717, 1.165) is 39.3 Å². The maximum Gasteiger partial charge on any atom is 0.319 e. The van der Waals surface area contributed by atoms with E-state index in [4.69, 9.17) is 10.00 Å². The summed E-state index contributed by atoms with van der Waals surface area (Å²) in [7, 11) is 0. The molecule has 0 unspecified atom stereocenters. The molecule has 1 fully saturated rings. The summed E-state index contributed by atoms with van der Waals surface area (Å²) < 4.78 is 5.29. The van der Waals surface area contributed by atoms with Gasteiger partial charge in [0.2, 0.25) is 0 Å². The van der Waals surface area contributed by atoms with Crippen LogP contribution in [0.25, 0.3) is 0 Å². The molecule has 0 atom stereocenters. The summed E-state index contributed by atoms with van der Waals surface area (Å²) in [5.41, 5.74) is 1.15. The standard InChI is InChI=1S/C15H20N4O2/c16-12-13-3-1-4-14(11-13)18-15(20)17-5-2-6-19-7-9-21-10-8-19/h1,3-4,11H,2,5-10H2,(H2,17,18,20). The first-order valence-electron chi connectivity index (χ1n) is 7.13. The lowest BCUT2D eigenvalue weighted by molar-refractivity contribution is 0.0375.